The van der Waals surface area contributed by atoms with Crippen molar-refractivity contribution in [3.8, 4) is 0 Å². The van der Waals surface area contributed by atoms with Crippen molar-refractivity contribution in [3.63, 3.8) is 0 Å². The molecule has 2 saturated heterocycles. The zero-order chi connectivity index (χ0) is 14.2. The topological polar surface area (TPSA) is 32.7 Å². The van der Waals surface area contributed by atoms with Gasteiger partial charge in [0.05, 0.1) is 6.61 Å². The van der Waals surface area contributed by atoms with Crippen LogP contribution in [0.1, 0.15) is 55.3 Å². The van der Waals surface area contributed by atoms with Crippen molar-refractivity contribution in [1.82, 2.24) is 4.90 Å². The van der Waals surface area contributed by atoms with E-state index >= 15 is 0 Å². The Morgan fingerprint density at radius 3 is 2.90 bits per heavy atom. The molecule has 21 heavy (non-hydrogen) atoms. The lowest BCUT2D eigenvalue weighted by Gasteiger charge is -2.37. The lowest BCUT2D eigenvalue weighted by Crippen LogP contribution is -2.48. The van der Waals surface area contributed by atoms with Crippen molar-refractivity contribution in [3.05, 3.63) is 35.4 Å². The van der Waals surface area contributed by atoms with Crippen molar-refractivity contribution in [2.24, 2.45) is 0 Å². The minimum atomic E-state index is -0.494. The summed E-state index contributed by atoms with van der Waals surface area (Å²) in [6, 6.07) is 9.14. The molecule has 0 bridgehead atoms. The molecule has 3 atom stereocenters. The zero-order valence-electron chi connectivity index (χ0n) is 12.6. The molecule has 3 aliphatic rings. The van der Waals surface area contributed by atoms with E-state index in [1.165, 1.54) is 44.2 Å². The van der Waals surface area contributed by atoms with Gasteiger partial charge in [-0.1, -0.05) is 30.7 Å². The summed E-state index contributed by atoms with van der Waals surface area (Å²) in [4.78, 5) is 2.49. The fourth-order valence-electron chi connectivity index (χ4n) is 3.99. The Hall–Kier alpha value is -0.900. The van der Waals surface area contributed by atoms with Gasteiger partial charge in [-0.3, -0.25) is 4.90 Å². The van der Waals surface area contributed by atoms with Gasteiger partial charge in [0.25, 0.3) is 0 Å². The van der Waals surface area contributed by atoms with Crippen molar-refractivity contribution < 1.29 is 9.84 Å². The summed E-state index contributed by atoms with van der Waals surface area (Å²) in [5.74, 6) is 0.715. The molecule has 3 heteroatoms. The van der Waals surface area contributed by atoms with Crippen LogP contribution >= 0.6 is 0 Å². The normalized spacial score (nSPS) is 31.7. The van der Waals surface area contributed by atoms with Gasteiger partial charge in [0.15, 0.2) is 0 Å². The van der Waals surface area contributed by atoms with E-state index < -0.39 is 6.10 Å². The number of rotatable bonds is 3. The minimum Gasteiger partial charge on any atom is -0.386 e. The van der Waals surface area contributed by atoms with E-state index in [1.807, 2.05) is 6.07 Å². The highest BCUT2D eigenvalue weighted by Gasteiger charge is 2.35. The number of aliphatic hydroxyl groups is 1. The van der Waals surface area contributed by atoms with Crippen LogP contribution in [-0.4, -0.2) is 41.8 Å². The maximum absolute atomic E-state index is 10.7. The first-order chi connectivity index (χ1) is 10.3. The summed E-state index contributed by atoms with van der Waals surface area (Å²) in [6.45, 7) is 2.82. The first-order valence-electron chi connectivity index (χ1n) is 8.45. The van der Waals surface area contributed by atoms with Gasteiger partial charge in [0.1, 0.15) is 12.2 Å². The summed E-state index contributed by atoms with van der Waals surface area (Å²) in [6.07, 6.45) is 5.90. The fraction of sp³-hybridized carbons (Fsp3) is 0.667. The maximum atomic E-state index is 10.7. The summed E-state index contributed by atoms with van der Waals surface area (Å²) in [7, 11) is 0. The number of nitrogens with zero attached hydrogens (tertiary/aromatic N) is 1. The van der Waals surface area contributed by atoms with E-state index in [4.69, 9.17) is 4.74 Å². The molecule has 1 aromatic rings. The van der Waals surface area contributed by atoms with E-state index in [0.717, 1.165) is 18.7 Å². The molecule has 1 aromatic carbocycles. The largest absolute Gasteiger partial charge is 0.386 e. The van der Waals surface area contributed by atoms with Gasteiger partial charge >= 0.3 is 0 Å². The molecule has 3 nitrogen and oxygen atoms in total. The van der Waals surface area contributed by atoms with E-state index in [0.29, 0.717) is 12.0 Å². The van der Waals surface area contributed by atoms with E-state index in [9.17, 15) is 5.11 Å². The number of morpholine rings is 1. The summed E-state index contributed by atoms with van der Waals surface area (Å²) >= 11 is 0. The second-order valence-corrected chi connectivity index (χ2v) is 6.91. The predicted octanol–water partition coefficient (Wildman–Crippen LogP) is 2.85. The van der Waals surface area contributed by atoms with Gasteiger partial charge in [-0.25, -0.2) is 0 Å². The molecule has 2 heterocycles. The zero-order valence-corrected chi connectivity index (χ0v) is 12.6. The number of hydrogen-bond donors (Lipinski definition) is 1. The molecule has 2 aliphatic heterocycles. The molecule has 0 radical (unpaired) electrons. The van der Waals surface area contributed by atoms with E-state index in [2.05, 4.69) is 23.1 Å². The molecule has 1 aliphatic carbocycles. The van der Waals surface area contributed by atoms with Crippen LogP contribution in [-0.2, 0) is 4.74 Å². The highest BCUT2D eigenvalue weighted by Crippen LogP contribution is 2.37. The Balaban J connectivity index is 1.47. The SMILES string of the molecule is OC(c1cccc(C2CCC2)c1)C1CN2CCCC2CO1. The monoisotopic (exact) mass is 287 g/mol. The molecular formula is C18H25NO2. The average molecular weight is 287 g/mol. The lowest BCUT2D eigenvalue weighted by molar-refractivity contribution is -0.103. The third-order valence-electron chi connectivity index (χ3n) is 5.60. The molecule has 3 fully saturated rings. The van der Waals surface area contributed by atoms with E-state index in [-0.39, 0.29) is 6.10 Å². The molecule has 0 aromatic heterocycles. The number of aliphatic hydroxyl groups excluding tert-OH is 1. The lowest BCUT2D eigenvalue weighted by atomic mass is 9.79. The number of fused-ring (bicyclic) bond motifs is 1. The van der Waals surface area contributed by atoms with Crippen LogP contribution in [0.4, 0.5) is 0 Å². The van der Waals surface area contributed by atoms with Crippen molar-refractivity contribution in [2.45, 2.75) is 56.3 Å². The Morgan fingerprint density at radius 2 is 2.10 bits per heavy atom. The third kappa shape index (κ3) is 2.63. The van der Waals surface area contributed by atoms with E-state index in [1.54, 1.807) is 0 Å². The minimum absolute atomic E-state index is 0.0732. The Kier molecular flexibility index (Phi) is 3.74. The van der Waals surface area contributed by atoms with Gasteiger partial charge in [-0.05, 0) is 49.3 Å². The fourth-order valence-corrected chi connectivity index (χ4v) is 3.99. The number of hydrogen-bond acceptors (Lipinski definition) is 3. The molecule has 1 saturated carbocycles. The average Bonchev–Trinajstić information content (AvgIpc) is 2.92. The van der Waals surface area contributed by atoms with Crippen LogP contribution in [0.5, 0.6) is 0 Å². The van der Waals surface area contributed by atoms with Gasteiger partial charge in [-0.15, -0.1) is 0 Å². The first kappa shape index (κ1) is 13.7. The van der Waals surface area contributed by atoms with Crippen LogP contribution in [0.15, 0.2) is 24.3 Å². The highest BCUT2D eigenvalue weighted by molar-refractivity contribution is 5.29. The van der Waals surface area contributed by atoms with Crippen LogP contribution in [0, 0.1) is 0 Å². The maximum Gasteiger partial charge on any atom is 0.106 e. The molecule has 0 spiro atoms. The van der Waals surface area contributed by atoms with Crippen molar-refractivity contribution in [2.75, 3.05) is 19.7 Å². The summed E-state index contributed by atoms with van der Waals surface area (Å²) < 4.78 is 5.96. The third-order valence-corrected chi connectivity index (χ3v) is 5.60. The highest BCUT2D eigenvalue weighted by atomic mass is 16.5. The van der Waals surface area contributed by atoms with Gasteiger partial charge in [0.2, 0.25) is 0 Å². The van der Waals surface area contributed by atoms with Gasteiger partial charge in [0, 0.05) is 12.6 Å². The van der Waals surface area contributed by atoms with Crippen LogP contribution in [0.3, 0.4) is 0 Å². The number of benzene rings is 1. The van der Waals surface area contributed by atoms with Crippen LogP contribution < -0.4 is 0 Å². The second kappa shape index (κ2) is 5.71. The van der Waals surface area contributed by atoms with Gasteiger partial charge in [-0.2, -0.15) is 0 Å². The molecule has 3 unspecified atom stereocenters. The quantitative estimate of drug-likeness (QED) is 0.928. The molecule has 0 amide bonds. The van der Waals surface area contributed by atoms with Crippen LogP contribution in [0.2, 0.25) is 0 Å². The smallest absolute Gasteiger partial charge is 0.106 e. The first-order valence-corrected chi connectivity index (χ1v) is 8.45. The Labute approximate surface area is 126 Å². The summed E-state index contributed by atoms with van der Waals surface area (Å²) in [5.41, 5.74) is 2.43. The van der Waals surface area contributed by atoms with Crippen molar-refractivity contribution in [1.29, 1.82) is 0 Å². The van der Waals surface area contributed by atoms with Crippen LogP contribution in [0.25, 0.3) is 0 Å². The Morgan fingerprint density at radius 1 is 1.19 bits per heavy atom. The molecule has 1 N–H and O–H groups in total. The standard InChI is InChI=1S/C18H25NO2/c20-18(17-11-19-9-3-8-16(19)12-21-17)15-7-2-6-14(10-15)13-4-1-5-13/h2,6-7,10,13,16-18,20H,1,3-5,8-9,11-12H2. The van der Waals surface area contributed by atoms with Gasteiger partial charge < -0.3 is 9.84 Å². The Bertz CT molecular complexity index is 500. The summed E-state index contributed by atoms with van der Waals surface area (Å²) in [5, 5.41) is 10.7. The predicted molar refractivity (Wildman–Crippen MR) is 82.3 cm³/mol. The number of ether oxygens (including phenoxy) is 1. The molecular weight excluding hydrogens is 262 g/mol. The molecule has 4 rings (SSSR count). The van der Waals surface area contributed by atoms with Crippen molar-refractivity contribution >= 4 is 0 Å². The molecule has 114 valence electrons. The second-order valence-electron chi connectivity index (χ2n) is 6.91.